The first-order valence-corrected chi connectivity index (χ1v) is 10.0. The molecule has 0 atom stereocenters. The number of nitrogens with one attached hydrogen (secondary N) is 1. The lowest BCUT2D eigenvalue weighted by molar-refractivity contribution is 0.0705. The summed E-state index contributed by atoms with van der Waals surface area (Å²) < 4.78 is 29.7. The van der Waals surface area contributed by atoms with Crippen LogP contribution in [0.15, 0.2) is 41.4 Å². The van der Waals surface area contributed by atoms with Crippen molar-refractivity contribution in [1.82, 2.24) is 9.47 Å². The van der Waals surface area contributed by atoms with Gasteiger partial charge in [-0.2, -0.15) is 0 Å². The highest BCUT2D eigenvalue weighted by atomic mass is 32.2. The normalized spacial score (nSPS) is 14.5. The fourth-order valence-corrected chi connectivity index (χ4v) is 4.13. The average Bonchev–Trinajstić information content (AvgIpc) is 3.03. The number of nitrogens with zero attached hydrogens (tertiary/aromatic N) is 2. The first-order chi connectivity index (χ1) is 11.9. The van der Waals surface area contributed by atoms with Crippen molar-refractivity contribution >= 4 is 21.6 Å². The summed E-state index contributed by atoms with van der Waals surface area (Å²) in [6.07, 6.45) is 3.26. The molecule has 0 aliphatic carbocycles. The molecule has 0 spiro atoms. The Hall–Kier alpha value is -2.28. The maximum Gasteiger partial charge on any atom is 0.270 e. The number of benzene rings is 1. The summed E-state index contributed by atoms with van der Waals surface area (Å²) in [4.78, 5) is 14.4. The van der Waals surface area contributed by atoms with Crippen LogP contribution in [0.1, 0.15) is 36.3 Å². The zero-order chi connectivity index (χ0) is 18.0. The second-order valence-corrected chi connectivity index (χ2v) is 7.89. The number of fused-ring (bicyclic) bond motifs is 1. The van der Waals surface area contributed by atoms with E-state index in [4.69, 9.17) is 0 Å². The van der Waals surface area contributed by atoms with Crippen molar-refractivity contribution in [2.24, 2.45) is 0 Å². The van der Waals surface area contributed by atoms with Gasteiger partial charge in [-0.05, 0) is 36.6 Å². The van der Waals surface area contributed by atoms with Gasteiger partial charge < -0.3 is 9.47 Å². The number of carbonyl (C=O) groups excluding carboxylic acids is 1. The van der Waals surface area contributed by atoms with Crippen molar-refractivity contribution in [3.63, 3.8) is 0 Å². The Morgan fingerprint density at radius 1 is 1.16 bits per heavy atom. The lowest BCUT2D eigenvalue weighted by Gasteiger charge is -2.27. The highest BCUT2D eigenvalue weighted by molar-refractivity contribution is 7.92. The van der Waals surface area contributed by atoms with Crippen LogP contribution in [0.5, 0.6) is 0 Å². The van der Waals surface area contributed by atoms with Gasteiger partial charge in [0.2, 0.25) is 0 Å². The fourth-order valence-electron chi connectivity index (χ4n) is 3.04. The van der Waals surface area contributed by atoms with E-state index in [-0.39, 0.29) is 10.8 Å². The van der Waals surface area contributed by atoms with E-state index in [2.05, 4.69) is 4.72 Å². The Morgan fingerprint density at radius 2 is 1.96 bits per heavy atom. The minimum atomic E-state index is -3.73. The van der Waals surface area contributed by atoms with E-state index in [0.717, 1.165) is 18.4 Å². The Morgan fingerprint density at radius 3 is 2.68 bits per heavy atom. The van der Waals surface area contributed by atoms with Gasteiger partial charge in [-0.15, -0.1) is 0 Å². The summed E-state index contributed by atoms with van der Waals surface area (Å²) in [5, 5.41) is 0. The molecule has 25 heavy (non-hydrogen) atoms. The predicted molar refractivity (Wildman–Crippen MR) is 97.3 cm³/mol. The number of amides is 1. The van der Waals surface area contributed by atoms with Crippen molar-refractivity contribution in [3.8, 4) is 0 Å². The third-order valence-electron chi connectivity index (χ3n) is 4.38. The van der Waals surface area contributed by atoms with E-state index in [9.17, 15) is 13.2 Å². The van der Waals surface area contributed by atoms with Crippen molar-refractivity contribution in [3.05, 3.63) is 47.8 Å². The van der Waals surface area contributed by atoms with Crippen LogP contribution in [0.4, 0.5) is 5.69 Å². The quantitative estimate of drug-likeness (QED) is 0.860. The summed E-state index contributed by atoms with van der Waals surface area (Å²) in [6, 6.07) is 8.79. The second-order valence-electron chi connectivity index (χ2n) is 6.21. The molecule has 0 saturated heterocycles. The molecule has 0 bridgehead atoms. The molecular weight excluding hydrogens is 338 g/mol. The first kappa shape index (κ1) is 17.5. The van der Waals surface area contributed by atoms with Gasteiger partial charge in [0, 0.05) is 31.5 Å². The molecule has 2 aromatic rings. The topological polar surface area (TPSA) is 71.4 Å². The van der Waals surface area contributed by atoms with Crippen molar-refractivity contribution < 1.29 is 13.2 Å². The molecule has 0 saturated carbocycles. The van der Waals surface area contributed by atoms with Gasteiger partial charge in [-0.25, -0.2) is 8.42 Å². The zero-order valence-electron chi connectivity index (χ0n) is 14.5. The Bertz CT molecular complexity index is 887. The molecule has 2 heterocycles. The molecule has 3 rings (SSSR count). The molecule has 1 aliphatic rings. The number of rotatable bonds is 6. The third kappa shape index (κ3) is 3.56. The molecule has 7 heteroatoms. The van der Waals surface area contributed by atoms with E-state index in [0.29, 0.717) is 31.0 Å². The Labute approximate surface area is 148 Å². The highest BCUT2D eigenvalue weighted by Crippen LogP contribution is 2.23. The van der Waals surface area contributed by atoms with E-state index in [1.165, 1.54) is 6.07 Å². The Kier molecular flexibility index (Phi) is 4.85. The van der Waals surface area contributed by atoms with Gasteiger partial charge in [-0.3, -0.25) is 9.52 Å². The molecule has 0 fully saturated rings. The van der Waals surface area contributed by atoms with Crippen LogP contribution in [0.2, 0.25) is 0 Å². The fraction of sp³-hybridized carbons (Fsp3) is 0.389. The van der Waals surface area contributed by atoms with Crippen LogP contribution in [0, 0.1) is 0 Å². The SMILES string of the molecule is CCCN1CCn2cc(S(=O)(=O)Nc3cccc(CC)c3)cc2C1=O. The molecule has 1 aromatic carbocycles. The molecule has 134 valence electrons. The number of aryl methyl sites for hydroxylation is 1. The standard InChI is InChI=1S/C18H23N3O3S/c1-3-8-20-9-10-21-13-16(12-17(21)18(20)22)25(23,24)19-15-7-5-6-14(4-2)11-15/h5-7,11-13,19H,3-4,8-10H2,1-2H3. The molecule has 1 aromatic heterocycles. The molecule has 1 amide bonds. The lowest BCUT2D eigenvalue weighted by atomic mass is 10.1. The third-order valence-corrected chi connectivity index (χ3v) is 5.73. The molecule has 1 N–H and O–H groups in total. The van der Waals surface area contributed by atoms with E-state index in [1.807, 2.05) is 32.0 Å². The molecule has 1 aliphatic heterocycles. The van der Waals surface area contributed by atoms with Gasteiger partial charge in [0.25, 0.3) is 15.9 Å². The maximum absolute atomic E-state index is 12.7. The van der Waals surface area contributed by atoms with Gasteiger partial charge in [0.05, 0.1) is 0 Å². The zero-order valence-corrected chi connectivity index (χ0v) is 15.3. The summed E-state index contributed by atoms with van der Waals surface area (Å²) in [5.41, 5.74) is 2.02. The summed E-state index contributed by atoms with van der Waals surface area (Å²) in [5.74, 6) is -0.109. The van der Waals surface area contributed by atoms with Crippen LogP contribution in [-0.2, 0) is 23.0 Å². The molecule has 0 unspecified atom stereocenters. The number of hydrogen-bond donors (Lipinski definition) is 1. The van der Waals surface area contributed by atoms with Gasteiger partial charge in [-0.1, -0.05) is 26.0 Å². The van der Waals surface area contributed by atoms with E-state index in [1.54, 1.807) is 21.7 Å². The van der Waals surface area contributed by atoms with Crippen molar-refractivity contribution in [2.45, 2.75) is 38.1 Å². The highest BCUT2D eigenvalue weighted by Gasteiger charge is 2.28. The average molecular weight is 361 g/mol. The number of hydrogen-bond acceptors (Lipinski definition) is 3. The monoisotopic (exact) mass is 361 g/mol. The number of aromatic nitrogens is 1. The van der Waals surface area contributed by atoms with E-state index < -0.39 is 10.0 Å². The predicted octanol–water partition coefficient (Wildman–Crippen LogP) is 2.72. The Balaban J connectivity index is 1.87. The lowest BCUT2D eigenvalue weighted by Crippen LogP contribution is -2.40. The largest absolute Gasteiger partial charge is 0.340 e. The van der Waals surface area contributed by atoms with Crippen LogP contribution >= 0.6 is 0 Å². The summed E-state index contributed by atoms with van der Waals surface area (Å²) in [7, 11) is -3.73. The first-order valence-electron chi connectivity index (χ1n) is 8.55. The van der Waals surface area contributed by atoms with Crippen LogP contribution in [0.3, 0.4) is 0 Å². The van der Waals surface area contributed by atoms with Crippen molar-refractivity contribution in [1.29, 1.82) is 0 Å². The maximum atomic E-state index is 12.7. The molecular formula is C18H23N3O3S. The van der Waals surface area contributed by atoms with Crippen LogP contribution in [-0.4, -0.2) is 36.9 Å². The van der Waals surface area contributed by atoms with Gasteiger partial charge in [0.15, 0.2) is 0 Å². The molecule has 0 radical (unpaired) electrons. The van der Waals surface area contributed by atoms with Crippen molar-refractivity contribution in [2.75, 3.05) is 17.8 Å². The van der Waals surface area contributed by atoms with Crippen LogP contribution in [0.25, 0.3) is 0 Å². The number of carbonyl (C=O) groups is 1. The second kappa shape index (κ2) is 6.92. The van der Waals surface area contributed by atoms with Gasteiger partial charge >= 0.3 is 0 Å². The minimum absolute atomic E-state index is 0.109. The smallest absolute Gasteiger partial charge is 0.270 e. The number of sulfonamides is 1. The summed E-state index contributed by atoms with van der Waals surface area (Å²) in [6.45, 7) is 5.95. The minimum Gasteiger partial charge on any atom is -0.340 e. The number of anilines is 1. The van der Waals surface area contributed by atoms with E-state index >= 15 is 0 Å². The molecule has 6 nitrogen and oxygen atoms in total. The van der Waals surface area contributed by atoms with Gasteiger partial charge in [0.1, 0.15) is 10.6 Å². The van der Waals surface area contributed by atoms with Crippen LogP contribution < -0.4 is 4.72 Å². The summed E-state index contributed by atoms with van der Waals surface area (Å²) >= 11 is 0.